The average Bonchev–Trinajstić information content (AvgIpc) is 2.51. The van der Waals surface area contributed by atoms with E-state index in [1.54, 1.807) is 18.2 Å². The van der Waals surface area contributed by atoms with Crippen molar-refractivity contribution in [3.63, 3.8) is 0 Å². The number of para-hydroxylation sites is 1. The van der Waals surface area contributed by atoms with E-state index in [9.17, 15) is 4.79 Å². The summed E-state index contributed by atoms with van der Waals surface area (Å²) in [6.45, 7) is 0. The summed E-state index contributed by atoms with van der Waals surface area (Å²) in [6, 6.07) is 19.1. The number of nitrogens with one attached hydrogen (secondary N) is 1. The lowest BCUT2D eigenvalue weighted by Crippen LogP contribution is -2.15. The molecule has 0 aromatic heterocycles. The fourth-order valence-electron chi connectivity index (χ4n) is 2.42. The minimum atomic E-state index is -0.147. The lowest BCUT2D eigenvalue weighted by Gasteiger charge is -2.10. The molecule has 3 aromatic rings. The Bertz CT molecular complexity index is 820. The summed E-state index contributed by atoms with van der Waals surface area (Å²) in [5.41, 5.74) is 1.43. The molecule has 0 fully saturated rings. The first-order valence-corrected chi connectivity index (χ1v) is 7.61. The molecule has 0 radical (unpaired) electrons. The second kappa shape index (κ2) is 6.39. The van der Waals surface area contributed by atoms with Gasteiger partial charge in [0.25, 0.3) is 0 Å². The first-order chi connectivity index (χ1) is 10.6. The molecule has 1 N–H and O–H groups in total. The van der Waals surface area contributed by atoms with Crippen LogP contribution in [-0.2, 0) is 11.2 Å². The van der Waals surface area contributed by atoms with Gasteiger partial charge in [-0.05, 0) is 28.5 Å². The molecule has 0 saturated carbocycles. The summed E-state index contributed by atoms with van der Waals surface area (Å²) in [5, 5.41) is 5.84. The van der Waals surface area contributed by atoms with Crippen LogP contribution in [0.25, 0.3) is 10.8 Å². The molecule has 2 nitrogen and oxygen atoms in total. The van der Waals surface area contributed by atoms with Crippen molar-refractivity contribution in [3.05, 3.63) is 76.3 Å². The average molecular weight is 330 g/mol. The Kier molecular flexibility index (Phi) is 4.32. The maximum atomic E-state index is 12.3. The van der Waals surface area contributed by atoms with E-state index in [0.717, 1.165) is 16.3 Å². The summed E-state index contributed by atoms with van der Waals surface area (Å²) in [7, 11) is 0. The van der Waals surface area contributed by atoms with Gasteiger partial charge in [0.1, 0.15) is 0 Å². The minimum absolute atomic E-state index is 0.147. The fraction of sp³-hybridized carbons (Fsp3) is 0.0556. The fourth-order valence-corrected chi connectivity index (χ4v) is 2.91. The van der Waals surface area contributed by atoms with E-state index in [-0.39, 0.29) is 12.3 Å². The predicted molar refractivity (Wildman–Crippen MR) is 92.7 cm³/mol. The van der Waals surface area contributed by atoms with Gasteiger partial charge in [0.05, 0.1) is 22.2 Å². The zero-order valence-electron chi connectivity index (χ0n) is 11.6. The van der Waals surface area contributed by atoms with E-state index >= 15 is 0 Å². The van der Waals surface area contributed by atoms with Gasteiger partial charge >= 0.3 is 0 Å². The van der Waals surface area contributed by atoms with Crippen LogP contribution in [0.4, 0.5) is 5.69 Å². The van der Waals surface area contributed by atoms with Crippen LogP contribution in [-0.4, -0.2) is 5.91 Å². The van der Waals surface area contributed by atoms with Crippen LogP contribution in [0, 0.1) is 0 Å². The monoisotopic (exact) mass is 329 g/mol. The number of hydrogen-bond donors (Lipinski definition) is 1. The maximum absolute atomic E-state index is 12.3. The van der Waals surface area contributed by atoms with Crippen molar-refractivity contribution in [2.24, 2.45) is 0 Å². The van der Waals surface area contributed by atoms with Crippen LogP contribution >= 0.6 is 23.2 Å². The van der Waals surface area contributed by atoms with E-state index in [4.69, 9.17) is 23.2 Å². The van der Waals surface area contributed by atoms with Gasteiger partial charge in [-0.2, -0.15) is 0 Å². The molecule has 0 heterocycles. The second-order valence-electron chi connectivity index (χ2n) is 4.96. The van der Waals surface area contributed by atoms with Crippen LogP contribution in [0.5, 0.6) is 0 Å². The second-order valence-corrected chi connectivity index (χ2v) is 5.77. The summed E-state index contributed by atoms with van der Waals surface area (Å²) >= 11 is 12.1. The third kappa shape index (κ3) is 3.08. The van der Waals surface area contributed by atoms with Crippen molar-refractivity contribution in [3.8, 4) is 0 Å². The third-order valence-corrected chi connectivity index (χ3v) is 4.09. The topological polar surface area (TPSA) is 29.1 Å². The number of carbonyl (C=O) groups is 1. The predicted octanol–water partition coefficient (Wildman–Crippen LogP) is 5.33. The van der Waals surface area contributed by atoms with Gasteiger partial charge in [-0.15, -0.1) is 0 Å². The number of anilines is 1. The highest BCUT2D eigenvalue weighted by Gasteiger charge is 2.11. The molecular weight excluding hydrogens is 317 g/mol. The molecule has 0 aliphatic rings. The normalized spacial score (nSPS) is 10.6. The molecule has 0 aliphatic heterocycles. The Morgan fingerprint density at radius 1 is 0.864 bits per heavy atom. The number of amides is 1. The largest absolute Gasteiger partial charge is 0.323 e. The highest BCUT2D eigenvalue weighted by Crippen LogP contribution is 2.30. The molecule has 0 unspecified atom stereocenters. The van der Waals surface area contributed by atoms with Crippen molar-refractivity contribution in [1.82, 2.24) is 0 Å². The van der Waals surface area contributed by atoms with Crippen LogP contribution in [0.3, 0.4) is 0 Å². The number of benzene rings is 3. The molecule has 0 aliphatic carbocycles. The number of carbonyl (C=O) groups excluding carboxylic acids is 1. The number of rotatable bonds is 3. The van der Waals surface area contributed by atoms with Crippen LogP contribution in [0.1, 0.15) is 5.56 Å². The molecule has 0 atom stereocenters. The van der Waals surface area contributed by atoms with Crippen molar-refractivity contribution in [2.45, 2.75) is 6.42 Å². The van der Waals surface area contributed by atoms with Crippen molar-refractivity contribution >= 4 is 45.6 Å². The Balaban J connectivity index is 1.85. The van der Waals surface area contributed by atoms with Gasteiger partial charge < -0.3 is 5.32 Å². The summed E-state index contributed by atoms with van der Waals surface area (Å²) in [4.78, 5) is 12.3. The molecule has 0 bridgehead atoms. The zero-order valence-corrected chi connectivity index (χ0v) is 13.2. The molecule has 3 rings (SSSR count). The standard InChI is InChI=1S/C18H13Cl2NO/c19-15-9-4-10-16(20)18(15)21-17(22)11-13-7-3-6-12-5-1-2-8-14(12)13/h1-10H,11H2,(H,21,22). The lowest BCUT2D eigenvalue weighted by atomic mass is 10.0. The van der Waals surface area contributed by atoms with Crippen LogP contribution in [0.2, 0.25) is 10.0 Å². The molecule has 3 aromatic carbocycles. The molecule has 1 amide bonds. The maximum Gasteiger partial charge on any atom is 0.228 e. The SMILES string of the molecule is O=C(Cc1cccc2ccccc12)Nc1c(Cl)cccc1Cl. The van der Waals surface area contributed by atoms with Gasteiger partial charge in [-0.1, -0.05) is 71.7 Å². The van der Waals surface area contributed by atoms with Gasteiger partial charge in [-0.25, -0.2) is 0 Å². The van der Waals surface area contributed by atoms with E-state index in [2.05, 4.69) is 5.32 Å². The van der Waals surface area contributed by atoms with Gasteiger partial charge in [0.2, 0.25) is 5.91 Å². The quantitative estimate of drug-likeness (QED) is 0.691. The first-order valence-electron chi connectivity index (χ1n) is 6.85. The van der Waals surface area contributed by atoms with Crippen molar-refractivity contribution < 1.29 is 4.79 Å². The Morgan fingerprint density at radius 2 is 1.50 bits per heavy atom. The number of fused-ring (bicyclic) bond motifs is 1. The van der Waals surface area contributed by atoms with Crippen LogP contribution < -0.4 is 5.32 Å². The summed E-state index contributed by atoms with van der Waals surface area (Å²) in [5.74, 6) is -0.147. The Hall–Kier alpha value is -2.03. The van der Waals surface area contributed by atoms with E-state index in [1.165, 1.54) is 0 Å². The third-order valence-electron chi connectivity index (χ3n) is 3.46. The van der Waals surface area contributed by atoms with Gasteiger partial charge in [-0.3, -0.25) is 4.79 Å². The van der Waals surface area contributed by atoms with Gasteiger partial charge in [0, 0.05) is 0 Å². The van der Waals surface area contributed by atoms with E-state index in [0.29, 0.717) is 15.7 Å². The number of hydrogen-bond acceptors (Lipinski definition) is 1. The Morgan fingerprint density at radius 3 is 2.27 bits per heavy atom. The van der Waals surface area contributed by atoms with Crippen molar-refractivity contribution in [1.29, 1.82) is 0 Å². The minimum Gasteiger partial charge on any atom is -0.323 e. The van der Waals surface area contributed by atoms with Crippen molar-refractivity contribution in [2.75, 3.05) is 5.32 Å². The lowest BCUT2D eigenvalue weighted by molar-refractivity contribution is -0.115. The summed E-state index contributed by atoms with van der Waals surface area (Å²) in [6.07, 6.45) is 0.267. The summed E-state index contributed by atoms with van der Waals surface area (Å²) < 4.78 is 0. The highest BCUT2D eigenvalue weighted by atomic mass is 35.5. The molecular formula is C18H13Cl2NO. The zero-order chi connectivity index (χ0) is 15.5. The van der Waals surface area contributed by atoms with Gasteiger partial charge in [0.15, 0.2) is 0 Å². The first kappa shape index (κ1) is 14.9. The molecule has 22 heavy (non-hydrogen) atoms. The molecule has 4 heteroatoms. The smallest absolute Gasteiger partial charge is 0.228 e. The highest BCUT2D eigenvalue weighted by molar-refractivity contribution is 6.39. The van der Waals surface area contributed by atoms with E-state index in [1.807, 2.05) is 42.5 Å². The number of halogens is 2. The van der Waals surface area contributed by atoms with E-state index < -0.39 is 0 Å². The molecule has 0 saturated heterocycles. The molecule has 110 valence electrons. The van der Waals surface area contributed by atoms with Crippen LogP contribution in [0.15, 0.2) is 60.7 Å². The molecule has 0 spiro atoms. The Labute approximate surface area is 138 Å².